The molecule has 1 aromatic heterocycles. The average molecular weight is 355 g/mol. The van der Waals surface area contributed by atoms with Crippen LogP contribution in [-0.2, 0) is 6.42 Å². The van der Waals surface area contributed by atoms with Crippen LogP contribution in [0.4, 0.5) is 8.78 Å². The number of amides is 1. The van der Waals surface area contributed by atoms with Crippen molar-refractivity contribution >= 4 is 17.2 Å². The summed E-state index contributed by atoms with van der Waals surface area (Å²) in [5.41, 5.74) is 1.97. The smallest absolute Gasteiger partial charge is 0.257 e. The molecular formula is C20H15F2NOS. The van der Waals surface area contributed by atoms with Crippen molar-refractivity contribution in [1.82, 2.24) is 4.90 Å². The molecule has 0 fully saturated rings. The van der Waals surface area contributed by atoms with Gasteiger partial charge in [0.15, 0.2) is 0 Å². The Hall–Kier alpha value is -2.53. The second-order valence-corrected chi connectivity index (χ2v) is 6.99. The lowest BCUT2D eigenvalue weighted by molar-refractivity contribution is 0.0691. The van der Waals surface area contributed by atoms with Crippen molar-refractivity contribution in [3.05, 3.63) is 93.2 Å². The Morgan fingerprint density at radius 3 is 2.64 bits per heavy atom. The first-order valence-electron chi connectivity index (χ1n) is 8.02. The largest absolute Gasteiger partial charge is 0.327 e. The fourth-order valence-corrected chi connectivity index (χ4v) is 4.25. The van der Waals surface area contributed by atoms with Gasteiger partial charge < -0.3 is 4.90 Å². The molecule has 126 valence electrons. The Labute approximate surface area is 148 Å². The average Bonchev–Trinajstić information content (AvgIpc) is 3.10. The maximum Gasteiger partial charge on any atom is 0.257 e. The number of carbonyl (C=O) groups excluding carboxylic acids is 1. The maximum atomic E-state index is 14.1. The van der Waals surface area contributed by atoms with Crippen LogP contribution < -0.4 is 0 Å². The molecule has 1 unspecified atom stereocenters. The summed E-state index contributed by atoms with van der Waals surface area (Å²) in [5, 5.41) is 2.02. The standard InChI is InChI=1S/C20H15F2NOS/c21-14-6-7-15(17(22)12-14)20(24)23-10-8-18-16(9-11-25-18)19(23)13-4-2-1-3-5-13/h1-7,9,11-12,19H,8,10H2. The van der Waals surface area contributed by atoms with E-state index in [1.165, 1.54) is 10.9 Å². The molecule has 0 spiro atoms. The number of fused-ring (bicyclic) bond motifs is 1. The Balaban J connectivity index is 1.79. The third-order valence-corrected chi connectivity index (χ3v) is 5.50. The molecule has 2 aromatic carbocycles. The number of benzene rings is 2. The highest BCUT2D eigenvalue weighted by molar-refractivity contribution is 7.10. The number of carbonyl (C=O) groups is 1. The summed E-state index contributed by atoms with van der Waals surface area (Å²) < 4.78 is 27.3. The van der Waals surface area contributed by atoms with Gasteiger partial charge in [-0.3, -0.25) is 4.79 Å². The van der Waals surface area contributed by atoms with Crippen LogP contribution in [0.15, 0.2) is 60.0 Å². The Kier molecular flexibility index (Phi) is 4.09. The van der Waals surface area contributed by atoms with E-state index in [0.29, 0.717) is 6.54 Å². The highest BCUT2D eigenvalue weighted by Gasteiger charge is 2.34. The van der Waals surface area contributed by atoms with Gasteiger partial charge in [-0.05, 0) is 41.1 Å². The van der Waals surface area contributed by atoms with Crippen molar-refractivity contribution in [3.8, 4) is 0 Å². The zero-order valence-corrected chi connectivity index (χ0v) is 14.1. The summed E-state index contributed by atoms with van der Waals surface area (Å²) in [6, 6.07) is 14.6. The number of rotatable bonds is 2. The summed E-state index contributed by atoms with van der Waals surface area (Å²) in [7, 11) is 0. The first-order chi connectivity index (χ1) is 12.1. The van der Waals surface area contributed by atoms with E-state index in [1.807, 2.05) is 41.8 Å². The molecule has 3 aromatic rings. The van der Waals surface area contributed by atoms with E-state index in [4.69, 9.17) is 0 Å². The predicted octanol–water partition coefficient (Wildman–Crippen LogP) is 4.81. The molecule has 0 saturated heterocycles. The van der Waals surface area contributed by atoms with Crippen molar-refractivity contribution in [2.45, 2.75) is 12.5 Å². The highest BCUT2D eigenvalue weighted by Crippen LogP contribution is 2.38. The predicted molar refractivity (Wildman–Crippen MR) is 93.7 cm³/mol. The molecule has 4 rings (SSSR count). The molecule has 0 N–H and O–H groups in total. The molecule has 1 amide bonds. The fraction of sp³-hybridized carbons (Fsp3) is 0.150. The lowest BCUT2D eigenvalue weighted by Gasteiger charge is -2.36. The van der Waals surface area contributed by atoms with Crippen LogP contribution in [0.25, 0.3) is 0 Å². The monoisotopic (exact) mass is 355 g/mol. The number of hydrogen-bond acceptors (Lipinski definition) is 2. The number of hydrogen-bond donors (Lipinski definition) is 0. The van der Waals surface area contributed by atoms with Gasteiger partial charge in [0, 0.05) is 17.5 Å². The minimum atomic E-state index is -0.826. The van der Waals surface area contributed by atoms with E-state index < -0.39 is 17.5 Å². The summed E-state index contributed by atoms with van der Waals surface area (Å²) in [6.45, 7) is 0.503. The van der Waals surface area contributed by atoms with Crippen molar-refractivity contribution in [2.24, 2.45) is 0 Å². The minimum Gasteiger partial charge on any atom is -0.327 e. The Morgan fingerprint density at radius 2 is 1.88 bits per heavy atom. The third kappa shape index (κ3) is 2.85. The maximum absolute atomic E-state index is 14.1. The number of halogens is 2. The SMILES string of the molecule is O=C(c1ccc(F)cc1F)N1CCc2sccc2C1c1ccccc1. The Bertz CT molecular complexity index is 922. The van der Waals surface area contributed by atoms with Crippen LogP contribution in [0.5, 0.6) is 0 Å². The molecule has 0 radical (unpaired) electrons. The molecule has 1 aliphatic rings. The quantitative estimate of drug-likeness (QED) is 0.646. The second kappa shape index (κ2) is 6.41. The van der Waals surface area contributed by atoms with Crippen molar-refractivity contribution in [3.63, 3.8) is 0 Å². The molecule has 0 bridgehead atoms. The molecule has 2 nitrogen and oxygen atoms in total. The molecule has 1 aliphatic heterocycles. The normalized spacial score (nSPS) is 16.6. The van der Waals surface area contributed by atoms with Crippen LogP contribution in [0.1, 0.15) is 32.4 Å². The summed E-state index contributed by atoms with van der Waals surface area (Å²) in [4.78, 5) is 15.9. The van der Waals surface area contributed by atoms with E-state index in [2.05, 4.69) is 0 Å². The van der Waals surface area contributed by atoms with Gasteiger partial charge in [0.1, 0.15) is 11.6 Å². The lowest BCUT2D eigenvalue weighted by atomic mass is 9.92. The van der Waals surface area contributed by atoms with Crippen LogP contribution in [-0.4, -0.2) is 17.4 Å². The van der Waals surface area contributed by atoms with E-state index >= 15 is 0 Å². The minimum absolute atomic E-state index is 0.0963. The number of nitrogens with zero attached hydrogens (tertiary/aromatic N) is 1. The molecule has 0 saturated carbocycles. The highest BCUT2D eigenvalue weighted by atomic mass is 32.1. The van der Waals surface area contributed by atoms with Gasteiger partial charge in [-0.2, -0.15) is 0 Å². The third-order valence-electron chi connectivity index (χ3n) is 4.50. The summed E-state index contributed by atoms with van der Waals surface area (Å²) in [6.07, 6.45) is 0.741. The van der Waals surface area contributed by atoms with Gasteiger partial charge >= 0.3 is 0 Å². The first kappa shape index (κ1) is 16.0. The zero-order valence-electron chi connectivity index (χ0n) is 13.3. The Morgan fingerprint density at radius 1 is 1.08 bits per heavy atom. The molecule has 1 atom stereocenters. The van der Waals surface area contributed by atoms with E-state index in [-0.39, 0.29) is 11.6 Å². The lowest BCUT2D eigenvalue weighted by Crippen LogP contribution is -2.40. The second-order valence-electron chi connectivity index (χ2n) is 5.99. The van der Waals surface area contributed by atoms with E-state index in [1.54, 1.807) is 16.2 Å². The molecule has 5 heteroatoms. The first-order valence-corrected chi connectivity index (χ1v) is 8.90. The molecule has 25 heavy (non-hydrogen) atoms. The van der Waals surface area contributed by atoms with Gasteiger partial charge in [0.25, 0.3) is 5.91 Å². The fourth-order valence-electron chi connectivity index (χ4n) is 3.35. The van der Waals surface area contributed by atoms with Crippen molar-refractivity contribution in [1.29, 1.82) is 0 Å². The van der Waals surface area contributed by atoms with Crippen LogP contribution in [0.3, 0.4) is 0 Å². The summed E-state index contributed by atoms with van der Waals surface area (Å²) in [5.74, 6) is -1.93. The zero-order chi connectivity index (χ0) is 17.4. The van der Waals surface area contributed by atoms with E-state index in [0.717, 1.165) is 29.7 Å². The van der Waals surface area contributed by atoms with Crippen LogP contribution in [0.2, 0.25) is 0 Å². The molecule has 2 heterocycles. The molecular weight excluding hydrogens is 340 g/mol. The van der Waals surface area contributed by atoms with Crippen molar-refractivity contribution in [2.75, 3.05) is 6.54 Å². The van der Waals surface area contributed by atoms with E-state index in [9.17, 15) is 13.6 Å². The van der Waals surface area contributed by atoms with Gasteiger partial charge in [-0.15, -0.1) is 11.3 Å². The van der Waals surface area contributed by atoms with Gasteiger partial charge in [-0.25, -0.2) is 8.78 Å². The van der Waals surface area contributed by atoms with Gasteiger partial charge in [-0.1, -0.05) is 30.3 Å². The van der Waals surface area contributed by atoms with Gasteiger partial charge in [0.05, 0.1) is 11.6 Å². The van der Waals surface area contributed by atoms with Crippen LogP contribution >= 0.6 is 11.3 Å². The molecule has 0 aliphatic carbocycles. The topological polar surface area (TPSA) is 20.3 Å². The number of thiophene rings is 1. The summed E-state index contributed by atoms with van der Waals surface area (Å²) >= 11 is 1.68. The van der Waals surface area contributed by atoms with Crippen molar-refractivity contribution < 1.29 is 13.6 Å². The van der Waals surface area contributed by atoms with Gasteiger partial charge in [0.2, 0.25) is 0 Å². The van der Waals surface area contributed by atoms with Crippen LogP contribution in [0, 0.1) is 11.6 Å².